The van der Waals surface area contributed by atoms with Crippen molar-refractivity contribution in [2.45, 2.75) is 24.1 Å². The summed E-state index contributed by atoms with van der Waals surface area (Å²) in [7, 11) is -1.96. The highest BCUT2D eigenvalue weighted by Gasteiger charge is 2.29. The topological polar surface area (TPSA) is 84.9 Å². The normalized spacial score (nSPS) is 13.9. The van der Waals surface area contributed by atoms with Gasteiger partial charge in [-0.15, -0.1) is 11.3 Å². The molecule has 4 rings (SSSR count). The van der Waals surface area contributed by atoms with Crippen LogP contribution in [0.2, 0.25) is 0 Å². The van der Waals surface area contributed by atoms with Gasteiger partial charge in [-0.05, 0) is 65.7 Å². The molecule has 0 fully saturated rings. The van der Waals surface area contributed by atoms with Gasteiger partial charge in [-0.1, -0.05) is 18.2 Å². The van der Waals surface area contributed by atoms with Crippen LogP contribution in [0.3, 0.4) is 0 Å². The van der Waals surface area contributed by atoms with Gasteiger partial charge in [0.1, 0.15) is 4.21 Å². The first-order chi connectivity index (χ1) is 15.4. The fourth-order valence-electron chi connectivity index (χ4n) is 3.59. The van der Waals surface area contributed by atoms with Crippen molar-refractivity contribution in [3.8, 4) is 11.5 Å². The quantitative estimate of drug-likeness (QED) is 0.565. The lowest BCUT2D eigenvalue weighted by molar-refractivity contribution is -0.118. The molecule has 2 heterocycles. The average molecular weight is 473 g/mol. The standard InChI is InChI=1S/C23H24N2O5S2/c1-16-5-8-20(21(12-16)29-2)30-15-22(26)24-19-7-6-17-9-10-25(14-18(17)13-19)32(27,28)23-4-3-11-31-23/h3-8,11-13H,9-10,14-15H2,1-2H3,(H,24,26). The van der Waals surface area contributed by atoms with E-state index < -0.39 is 10.0 Å². The molecule has 0 saturated heterocycles. The first-order valence-electron chi connectivity index (χ1n) is 10.1. The van der Waals surface area contributed by atoms with Crippen LogP contribution in [0.4, 0.5) is 5.69 Å². The highest BCUT2D eigenvalue weighted by atomic mass is 32.2. The Morgan fingerprint density at radius 3 is 2.72 bits per heavy atom. The molecule has 1 amide bonds. The van der Waals surface area contributed by atoms with Crippen LogP contribution in [0.25, 0.3) is 0 Å². The van der Waals surface area contributed by atoms with E-state index in [9.17, 15) is 13.2 Å². The Hall–Kier alpha value is -2.88. The van der Waals surface area contributed by atoms with E-state index in [2.05, 4.69) is 5.32 Å². The molecule has 0 spiro atoms. The molecule has 1 N–H and O–H groups in total. The third kappa shape index (κ3) is 4.79. The van der Waals surface area contributed by atoms with Gasteiger partial charge in [0.05, 0.1) is 7.11 Å². The Labute approximate surface area is 191 Å². The lowest BCUT2D eigenvalue weighted by Gasteiger charge is -2.28. The van der Waals surface area contributed by atoms with Crippen molar-refractivity contribution in [3.63, 3.8) is 0 Å². The number of anilines is 1. The molecule has 7 nitrogen and oxygen atoms in total. The number of carbonyl (C=O) groups is 1. The fourth-order valence-corrected chi connectivity index (χ4v) is 6.15. The summed E-state index contributed by atoms with van der Waals surface area (Å²) in [6.07, 6.45) is 0.629. The predicted molar refractivity (Wildman–Crippen MR) is 124 cm³/mol. The number of benzene rings is 2. The molecular weight excluding hydrogens is 448 g/mol. The Kier molecular flexibility index (Phi) is 6.50. The van der Waals surface area contributed by atoms with Crippen molar-refractivity contribution in [1.29, 1.82) is 0 Å². The smallest absolute Gasteiger partial charge is 0.262 e. The molecule has 0 saturated carbocycles. The number of aryl methyl sites for hydroxylation is 1. The average Bonchev–Trinajstić information content (AvgIpc) is 3.33. The van der Waals surface area contributed by atoms with E-state index >= 15 is 0 Å². The number of hydrogen-bond donors (Lipinski definition) is 1. The zero-order chi connectivity index (χ0) is 22.7. The first-order valence-corrected chi connectivity index (χ1v) is 12.4. The van der Waals surface area contributed by atoms with Gasteiger partial charge in [0, 0.05) is 18.8 Å². The van der Waals surface area contributed by atoms with E-state index in [1.807, 2.05) is 37.3 Å². The Morgan fingerprint density at radius 2 is 1.97 bits per heavy atom. The molecule has 0 radical (unpaired) electrons. The van der Waals surface area contributed by atoms with Crippen LogP contribution < -0.4 is 14.8 Å². The van der Waals surface area contributed by atoms with Crippen LogP contribution in [-0.4, -0.2) is 38.9 Å². The second-order valence-electron chi connectivity index (χ2n) is 7.50. The molecule has 9 heteroatoms. The van der Waals surface area contributed by atoms with E-state index in [1.54, 1.807) is 30.7 Å². The van der Waals surface area contributed by atoms with Crippen LogP contribution in [0, 0.1) is 6.92 Å². The van der Waals surface area contributed by atoms with E-state index in [4.69, 9.17) is 9.47 Å². The Balaban J connectivity index is 1.42. The maximum absolute atomic E-state index is 12.9. The first kappa shape index (κ1) is 22.3. The van der Waals surface area contributed by atoms with Gasteiger partial charge in [0.25, 0.3) is 15.9 Å². The van der Waals surface area contributed by atoms with Gasteiger partial charge in [0.15, 0.2) is 18.1 Å². The zero-order valence-electron chi connectivity index (χ0n) is 17.8. The summed E-state index contributed by atoms with van der Waals surface area (Å²) in [6, 6.07) is 14.4. The van der Waals surface area contributed by atoms with Gasteiger partial charge < -0.3 is 14.8 Å². The number of fused-ring (bicyclic) bond motifs is 1. The van der Waals surface area contributed by atoms with Crippen molar-refractivity contribution < 1.29 is 22.7 Å². The van der Waals surface area contributed by atoms with Gasteiger partial charge in [-0.3, -0.25) is 4.79 Å². The van der Waals surface area contributed by atoms with Crippen LogP contribution in [0.1, 0.15) is 16.7 Å². The molecule has 2 aromatic carbocycles. The number of ether oxygens (including phenoxy) is 2. The summed E-state index contributed by atoms with van der Waals surface area (Å²) < 4.78 is 38.4. The Bertz CT molecular complexity index is 1220. The van der Waals surface area contributed by atoms with Crippen molar-refractivity contribution in [2.24, 2.45) is 0 Å². The molecule has 1 aliphatic heterocycles. The number of amides is 1. The summed E-state index contributed by atoms with van der Waals surface area (Å²) in [5, 5.41) is 4.58. The van der Waals surface area contributed by atoms with Crippen LogP contribution in [0.5, 0.6) is 11.5 Å². The second-order valence-corrected chi connectivity index (χ2v) is 10.6. The summed E-state index contributed by atoms with van der Waals surface area (Å²) in [4.78, 5) is 12.4. The molecule has 0 aliphatic carbocycles. The summed E-state index contributed by atoms with van der Waals surface area (Å²) in [5.74, 6) is 0.748. The summed E-state index contributed by atoms with van der Waals surface area (Å²) in [6.45, 7) is 2.48. The number of carbonyl (C=O) groups excluding carboxylic acids is 1. The van der Waals surface area contributed by atoms with Crippen LogP contribution in [-0.2, 0) is 27.8 Å². The number of thiophene rings is 1. The lowest BCUT2D eigenvalue weighted by atomic mass is 10.0. The minimum atomic E-state index is -3.51. The number of nitrogens with one attached hydrogen (secondary N) is 1. The monoisotopic (exact) mass is 472 g/mol. The predicted octanol–water partition coefficient (Wildman–Crippen LogP) is 3.83. The van der Waals surface area contributed by atoms with Crippen LogP contribution >= 0.6 is 11.3 Å². The van der Waals surface area contributed by atoms with E-state index in [0.29, 0.717) is 34.4 Å². The SMILES string of the molecule is COc1cc(C)ccc1OCC(=O)Nc1ccc2c(c1)CN(S(=O)(=O)c1cccs1)CC2. The highest BCUT2D eigenvalue weighted by Crippen LogP contribution is 2.29. The molecule has 168 valence electrons. The molecule has 32 heavy (non-hydrogen) atoms. The van der Waals surface area contributed by atoms with Gasteiger partial charge in [0.2, 0.25) is 0 Å². The minimum absolute atomic E-state index is 0.171. The van der Waals surface area contributed by atoms with Crippen LogP contribution in [0.15, 0.2) is 58.1 Å². The largest absolute Gasteiger partial charge is 0.493 e. The number of nitrogens with zero attached hydrogens (tertiary/aromatic N) is 1. The summed E-state index contributed by atoms with van der Waals surface area (Å²) in [5.41, 5.74) is 3.60. The van der Waals surface area contributed by atoms with Crippen molar-refractivity contribution in [3.05, 3.63) is 70.6 Å². The molecular formula is C23H24N2O5S2. The maximum Gasteiger partial charge on any atom is 0.262 e. The number of sulfonamides is 1. The molecule has 0 unspecified atom stereocenters. The fraction of sp³-hybridized carbons (Fsp3) is 0.261. The minimum Gasteiger partial charge on any atom is -0.493 e. The summed E-state index contributed by atoms with van der Waals surface area (Å²) >= 11 is 1.21. The van der Waals surface area contributed by atoms with Crippen molar-refractivity contribution in [1.82, 2.24) is 4.31 Å². The van der Waals surface area contributed by atoms with E-state index in [0.717, 1.165) is 16.7 Å². The van der Waals surface area contributed by atoms with Gasteiger partial charge in [-0.25, -0.2) is 8.42 Å². The highest BCUT2D eigenvalue weighted by molar-refractivity contribution is 7.91. The maximum atomic E-state index is 12.9. The molecule has 0 bridgehead atoms. The molecule has 3 aromatic rings. The van der Waals surface area contributed by atoms with Gasteiger partial charge in [-0.2, -0.15) is 4.31 Å². The molecule has 1 aromatic heterocycles. The lowest BCUT2D eigenvalue weighted by Crippen LogP contribution is -2.35. The van der Waals surface area contributed by atoms with E-state index in [-0.39, 0.29) is 19.1 Å². The third-order valence-corrected chi connectivity index (χ3v) is 8.45. The Morgan fingerprint density at radius 1 is 1.12 bits per heavy atom. The molecule has 1 aliphatic rings. The molecule has 0 atom stereocenters. The van der Waals surface area contributed by atoms with E-state index in [1.165, 1.54) is 15.6 Å². The van der Waals surface area contributed by atoms with Crippen molar-refractivity contribution in [2.75, 3.05) is 25.6 Å². The zero-order valence-corrected chi connectivity index (χ0v) is 19.5. The number of hydrogen-bond acceptors (Lipinski definition) is 6. The second kappa shape index (κ2) is 9.32. The number of rotatable bonds is 7. The third-order valence-electron chi connectivity index (χ3n) is 5.23. The van der Waals surface area contributed by atoms with Gasteiger partial charge >= 0.3 is 0 Å². The van der Waals surface area contributed by atoms with Crippen molar-refractivity contribution >= 4 is 33.0 Å². The number of methoxy groups -OCH3 is 1.